The molecule has 20 heavy (non-hydrogen) atoms. The standard InChI is InChI=1S/C15H21ClN2OS/c1-10(17)3-2-4-15(19)18-13-7-8-20-14-6-5-11(16)9-12(13)14/h5-6,9-10,13H,2-4,7-8,17H2,1H3,(H,18,19). The lowest BCUT2D eigenvalue weighted by molar-refractivity contribution is -0.122. The predicted octanol–water partition coefficient (Wildman–Crippen LogP) is 3.51. The van der Waals surface area contributed by atoms with Gasteiger partial charge >= 0.3 is 0 Å². The number of hydrogen-bond acceptors (Lipinski definition) is 3. The van der Waals surface area contributed by atoms with E-state index in [1.54, 1.807) is 0 Å². The number of carbonyl (C=O) groups excluding carboxylic acids is 1. The van der Waals surface area contributed by atoms with Crippen LogP contribution in [0.4, 0.5) is 0 Å². The van der Waals surface area contributed by atoms with Gasteiger partial charge in [-0.05, 0) is 49.9 Å². The molecule has 1 amide bonds. The van der Waals surface area contributed by atoms with Gasteiger partial charge in [-0.15, -0.1) is 11.8 Å². The van der Waals surface area contributed by atoms with E-state index in [1.165, 1.54) is 4.90 Å². The first kappa shape index (κ1) is 15.7. The van der Waals surface area contributed by atoms with E-state index in [9.17, 15) is 4.79 Å². The van der Waals surface area contributed by atoms with Gasteiger partial charge in [-0.25, -0.2) is 0 Å². The molecule has 2 rings (SSSR count). The molecule has 0 saturated heterocycles. The Hall–Kier alpha value is -0.710. The van der Waals surface area contributed by atoms with Gasteiger partial charge in [0, 0.05) is 28.1 Å². The lowest BCUT2D eigenvalue weighted by atomic mass is 10.0. The molecule has 1 aromatic rings. The summed E-state index contributed by atoms with van der Waals surface area (Å²) in [4.78, 5) is 13.2. The first-order valence-corrected chi connectivity index (χ1v) is 8.40. The van der Waals surface area contributed by atoms with Crippen molar-refractivity contribution in [1.82, 2.24) is 5.32 Å². The second-order valence-corrected chi connectivity index (χ2v) is 6.88. The third kappa shape index (κ3) is 4.40. The molecule has 0 fully saturated rings. The summed E-state index contributed by atoms with van der Waals surface area (Å²) in [6.45, 7) is 1.97. The molecule has 1 aliphatic rings. The van der Waals surface area contributed by atoms with Crippen molar-refractivity contribution in [3.05, 3.63) is 28.8 Å². The number of carbonyl (C=O) groups is 1. The number of hydrogen-bond donors (Lipinski definition) is 2. The Morgan fingerprint density at radius 1 is 1.60 bits per heavy atom. The van der Waals surface area contributed by atoms with Gasteiger partial charge in [0.1, 0.15) is 0 Å². The van der Waals surface area contributed by atoms with E-state index in [-0.39, 0.29) is 18.0 Å². The van der Waals surface area contributed by atoms with Crippen LogP contribution in [0.3, 0.4) is 0 Å². The van der Waals surface area contributed by atoms with Gasteiger partial charge in [0.2, 0.25) is 5.91 Å². The molecule has 3 nitrogen and oxygen atoms in total. The van der Waals surface area contributed by atoms with Crippen molar-refractivity contribution in [2.24, 2.45) is 5.73 Å². The Balaban J connectivity index is 1.94. The summed E-state index contributed by atoms with van der Waals surface area (Å²) in [6.07, 6.45) is 3.22. The fraction of sp³-hybridized carbons (Fsp3) is 0.533. The Labute approximate surface area is 129 Å². The van der Waals surface area contributed by atoms with E-state index in [1.807, 2.05) is 36.9 Å². The molecule has 0 spiro atoms. The fourth-order valence-electron chi connectivity index (χ4n) is 2.37. The molecule has 2 unspecified atom stereocenters. The molecule has 0 radical (unpaired) electrons. The maximum Gasteiger partial charge on any atom is 0.220 e. The average Bonchev–Trinajstić information content (AvgIpc) is 2.39. The van der Waals surface area contributed by atoms with E-state index >= 15 is 0 Å². The van der Waals surface area contributed by atoms with Crippen molar-refractivity contribution >= 4 is 29.3 Å². The molecule has 0 aliphatic carbocycles. The second-order valence-electron chi connectivity index (χ2n) is 5.31. The number of benzene rings is 1. The van der Waals surface area contributed by atoms with Crippen molar-refractivity contribution in [2.45, 2.75) is 49.6 Å². The Bertz CT molecular complexity index is 479. The summed E-state index contributed by atoms with van der Waals surface area (Å²) in [6, 6.07) is 6.16. The zero-order valence-electron chi connectivity index (χ0n) is 11.7. The number of thioether (sulfide) groups is 1. The minimum Gasteiger partial charge on any atom is -0.349 e. The lowest BCUT2D eigenvalue weighted by Gasteiger charge is -2.26. The molecule has 5 heteroatoms. The Morgan fingerprint density at radius 2 is 2.40 bits per heavy atom. The number of nitrogens with two attached hydrogens (primary N) is 1. The molecule has 0 aromatic heterocycles. The van der Waals surface area contributed by atoms with Crippen LogP contribution in [0.15, 0.2) is 23.1 Å². The molecule has 1 aromatic carbocycles. The van der Waals surface area contributed by atoms with Crippen LogP contribution >= 0.6 is 23.4 Å². The normalized spacial score (nSPS) is 19.2. The number of halogens is 1. The van der Waals surface area contributed by atoms with Gasteiger partial charge in [-0.1, -0.05) is 11.6 Å². The quantitative estimate of drug-likeness (QED) is 0.874. The molecule has 0 bridgehead atoms. The third-order valence-corrected chi connectivity index (χ3v) is 4.77. The van der Waals surface area contributed by atoms with Crippen molar-refractivity contribution in [3.63, 3.8) is 0 Å². The first-order chi connectivity index (χ1) is 9.56. The van der Waals surface area contributed by atoms with E-state index in [2.05, 4.69) is 5.32 Å². The summed E-state index contributed by atoms with van der Waals surface area (Å²) in [5.74, 6) is 1.13. The van der Waals surface area contributed by atoms with Crippen molar-refractivity contribution in [2.75, 3.05) is 5.75 Å². The molecular weight excluding hydrogens is 292 g/mol. The first-order valence-electron chi connectivity index (χ1n) is 7.03. The fourth-order valence-corrected chi connectivity index (χ4v) is 3.65. The highest BCUT2D eigenvalue weighted by molar-refractivity contribution is 7.99. The topological polar surface area (TPSA) is 55.1 Å². The number of fused-ring (bicyclic) bond motifs is 1. The molecule has 2 atom stereocenters. The monoisotopic (exact) mass is 312 g/mol. The van der Waals surface area contributed by atoms with Crippen LogP contribution in [0.25, 0.3) is 0 Å². The average molecular weight is 313 g/mol. The highest BCUT2D eigenvalue weighted by atomic mass is 35.5. The van der Waals surface area contributed by atoms with E-state index < -0.39 is 0 Å². The Morgan fingerprint density at radius 3 is 3.15 bits per heavy atom. The molecule has 110 valence electrons. The van der Waals surface area contributed by atoms with Gasteiger partial charge in [-0.3, -0.25) is 4.79 Å². The smallest absolute Gasteiger partial charge is 0.220 e. The SMILES string of the molecule is CC(N)CCCC(=O)NC1CCSc2ccc(Cl)cc21. The van der Waals surface area contributed by atoms with Crippen LogP contribution in [0.5, 0.6) is 0 Å². The van der Waals surface area contributed by atoms with Crippen LogP contribution < -0.4 is 11.1 Å². The van der Waals surface area contributed by atoms with E-state index in [4.69, 9.17) is 17.3 Å². The van der Waals surface area contributed by atoms with Gasteiger partial charge in [0.15, 0.2) is 0 Å². The van der Waals surface area contributed by atoms with Crippen LogP contribution in [0.1, 0.15) is 44.2 Å². The van der Waals surface area contributed by atoms with Gasteiger partial charge in [-0.2, -0.15) is 0 Å². The van der Waals surface area contributed by atoms with Crippen molar-refractivity contribution < 1.29 is 4.79 Å². The van der Waals surface area contributed by atoms with Crippen molar-refractivity contribution in [3.8, 4) is 0 Å². The largest absolute Gasteiger partial charge is 0.349 e. The van der Waals surface area contributed by atoms with E-state index in [0.29, 0.717) is 6.42 Å². The number of nitrogens with one attached hydrogen (secondary N) is 1. The minimum absolute atomic E-state index is 0.0905. The summed E-state index contributed by atoms with van der Waals surface area (Å²) < 4.78 is 0. The lowest BCUT2D eigenvalue weighted by Crippen LogP contribution is -2.30. The summed E-state index contributed by atoms with van der Waals surface area (Å²) in [5.41, 5.74) is 6.84. The van der Waals surface area contributed by atoms with Crippen LogP contribution in [-0.4, -0.2) is 17.7 Å². The molecule has 0 saturated carbocycles. The maximum absolute atomic E-state index is 12.0. The highest BCUT2D eigenvalue weighted by Crippen LogP contribution is 2.37. The number of amides is 1. The van der Waals surface area contributed by atoms with E-state index in [0.717, 1.165) is 35.6 Å². The highest BCUT2D eigenvalue weighted by Gasteiger charge is 2.22. The third-order valence-electron chi connectivity index (χ3n) is 3.41. The summed E-state index contributed by atoms with van der Waals surface area (Å²) >= 11 is 7.88. The molecular formula is C15H21ClN2OS. The molecule has 3 N–H and O–H groups in total. The van der Waals surface area contributed by atoms with Gasteiger partial charge < -0.3 is 11.1 Å². The maximum atomic E-state index is 12.0. The zero-order valence-corrected chi connectivity index (χ0v) is 13.3. The molecule has 1 aliphatic heterocycles. The van der Waals surface area contributed by atoms with Gasteiger partial charge in [0.05, 0.1) is 6.04 Å². The molecule has 1 heterocycles. The summed E-state index contributed by atoms with van der Waals surface area (Å²) in [5, 5.41) is 3.85. The Kier molecular flexibility index (Phi) is 5.75. The number of rotatable bonds is 5. The zero-order chi connectivity index (χ0) is 14.5. The van der Waals surface area contributed by atoms with Crippen LogP contribution in [0.2, 0.25) is 5.02 Å². The van der Waals surface area contributed by atoms with Gasteiger partial charge in [0.25, 0.3) is 0 Å². The van der Waals surface area contributed by atoms with Crippen LogP contribution in [-0.2, 0) is 4.79 Å². The second kappa shape index (κ2) is 7.34. The predicted molar refractivity (Wildman–Crippen MR) is 85.2 cm³/mol. The van der Waals surface area contributed by atoms with Crippen LogP contribution in [0, 0.1) is 0 Å². The summed E-state index contributed by atoms with van der Waals surface area (Å²) in [7, 11) is 0. The van der Waals surface area contributed by atoms with Crippen molar-refractivity contribution in [1.29, 1.82) is 0 Å². The minimum atomic E-state index is 0.0905.